The summed E-state index contributed by atoms with van der Waals surface area (Å²) in [4.78, 5) is 20.7. The van der Waals surface area contributed by atoms with Crippen LogP contribution in [-0.4, -0.2) is 29.6 Å². The van der Waals surface area contributed by atoms with Crippen LogP contribution in [0.25, 0.3) is 0 Å². The monoisotopic (exact) mass is 386 g/mol. The van der Waals surface area contributed by atoms with Crippen molar-refractivity contribution in [1.29, 1.82) is 0 Å². The van der Waals surface area contributed by atoms with Gasteiger partial charge in [0, 0.05) is 18.3 Å². The summed E-state index contributed by atoms with van der Waals surface area (Å²) in [5, 5.41) is 12.0. The predicted molar refractivity (Wildman–Crippen MR) is 111 cm³/mol. The number of anilines is 1. The minimum absolute atomic E-state index is 0.0924. The molecule has 28 heavy (non-hydrogen) atoms. The number of benzene rings is 1. The highest BCUT2D eigenvalue weighted by atomic mass is 16.4. The van der Waals surface area contributed by atoms with E-state index in [4.69, 9.17) is 4.42 Å². The van der Waals surface area contributed by atoms with E-state index in [-0.39, 0.29) is 12.1 Å². The van der Waals surface area contributed by atoms with Crippen LogP contribution in [0.3, 0.4) is 0 Å². The molecule has 0 fully saturated rings. The van der Waals surface area contributed by atoms with Gasteiger partial charge in [-0.2, -0.15) is 0 Å². The third kappa shape index (κ3) is 6.94. The van der Waals surface area contributed by atoms with Gasteiger partial charge in [0.25, 0.3) is 0 Å². The number of guanidine groups is 1. The number of carbonyl (C=O) groups excluding carboxylic acids is 1. The molecule has 2 rings (SSSR count). The Kier molecular flexibility index (Phi) is 7.86. The maximum absolute atomic E-state index is 11.7. The standard InChI is InChI=1S/C20H30N6O2/c1-6-21-19(23-12-18-25-14(4)15(5)28-18)22-11-16-7-9-17(10-8-16)26-20(27)24-13(2)3/h7-10,13H,6,11-12H2,1-5H3,(H2,21,22,23)(H2,24,26,27). The van der Waals surface area contributed by atoms with Gasteiger partial charge >= 0.3 is 6.03 Å². The van der Waals surface area contributed by atoms with Crippen LogP contribution in [0, 0.1) is 13.8 Å². The molecule has 0 aliphatic rings. The number of hydrogen-bond donors (Lipinski definition) is 4. The number of aliphatic imine (C=N–C) groups is 1. The summed E-state index contributed by atoms with van der Waals surface area (Å²) >= 11 is 0. The number of urea groups is 1. The first-order valence-corrected chi connectivity index (χ1v) is 9.49. The van der Waals surface area contributed by atoms with Gasteiger partial charge in [0.05, 0.1) is 18.8 Å². The molecule has 0 radical (unpaired) electrons. The van der Waals surface area contributed by atoms with Crippen molar-refractivity contribution in [2.45, 2.75) is 53.8 Å². The van der Waals surface area contributed by atoms with Crippen LogP contribution >= 0.6 is 0 Å². The highest BCUT2D eigenvalue weighted by Crippen LogP contribution is 2.11. The lowest BCUT2D eigenvalue weighted by atomic mass is 10.2. The van der Waals surface area contributed by atoms with Crippen LogP contribution in [0.15, 0.2) is 33.7 Å². The summed E-state index contributed by atoms with van der Waals surface area (Å²) in [5.41, 5.74) is 2.68. The Balaban J connectivity index is 1.91. The molecule has 8 heteroatoms. The number of amides is 2. The van der Waals surface area contributed by atoms with Crippen molar-refractivity contribution in [2.24, 2.45) is 4.99 Å². The van der Waals surface area contributed by atoms with Crippen molar-refractivity contribution < 1.29 is 9.21 Å². The average Bonchev–Trinajstić information content (AvgIpc) is 2.96. The van der Waals surface area contributed by atoms with Crippen LogP contribution in [0.4, 0.5) is 10.5 Å². The van der Waals surface area contributed by atoms with E-state index in [9.17, 15) is 4.79 Å². The molecule has 2 amide bonds. The predicted octanol–water partition coefficient (Wildman–Crippen LogP) is 3.08. The largest absolute Gasteiger partial charge is 0.444 e. The second kappa shape index (κ2) is 10.3. The highest BCUT2D eigenvalue weighted by Gasteiger charge is 2.07. The quantitative estimate of drug-likeness (QED) is 0.432. The van der Waals surface area contributed by atoms with Gasteiger partial charge in [0.1, 0.15) is 5.76 Å². The molecular weight excluding hydrogens is 356 g/mol. The number of carbonyl (C=O) groups is 1. The zero-order valence-electron chi connectivity index (χ0n) is 17.2. The molecular formula is C20H30N6O2. The number of aromatic nitrogens is 1. The molecule has 4 N–H and O–H groups in total. The Hall–Kier alpha value is -3.03. The second-order valence-electron chi connectivity index (χ2n) is 6.75. The van der Waals surface area contributed by atoms with Crippen LogP contribution in [-0.2, 0) is 13.1 Å². The molecule has 0 bridgehead atoms. The maximum Gasteiger partial charge on any atom is 0.319 e. The van der Waals surface area contributed by atoms with Gasteiger partial charge in [-0.3, -0.25) is 0 Å². The van der Waals surface area contributed by atoms with Gasteiger partial charge in [-0.1, -0.05) is 12.1 Å². The molecule has 1 aromatic carbocycles. The lowest BCUT2D eigenvalue weighted by Crippen LogP contribution is -2.36. The molecule has 0 aliphatic heterocycles. The van der Waals surface area contributed by atoms with E-state index in [1.54, 1.807) is 0 Å². The van der Waals surface area contributed by atoms with E-state index in [0.717, 1.165) is 29.2 Å². The molecule has 2 aromatic rings. The molecule has 0 saturated heterocycles. The van der Waals surface area contributed by atoms with Crippen LogP contribution in [0.1, 0.15) is 43.7 Å². The van der Waals surface area contributed by atoms with E-state index in [2.05, 4.69) is 31.2 Å². The number of nitrogens with one attached hydrogen (secondary N) is 4. The van der Waals surface area contributed by atoms with E-state index in [1.807, 2.05) is 58.9 Å². The van der Waals surface area contributed by atoms with Crippen LogP contribution in [0.2, 0.25) is 0 Å². The molecule has 0 spiro atoms. The van der Waals surface area contributed by atoms with Crippen molar-refractivity contribution >= 4 is 17.7 Å². The minimum Gasteiger partial charge on any atom is -0.444 e. The number of aryl methyl sites for hydroxylation is 2. The van der Waals surface area contributed by atoms with Gasteiger partial charge in [-0.15, -0.1) is 0 Å². The first-order valence-electron chi connectivity index (χ1n) is 9.49. The Morgan fingerprint density at radius 1 is 1.18 bits per heavy atom. The molecule has 0 unspecified atom stereocenters. The zero-order valence-corrected chi connectivity index (χ0v) is 17.2. The first kappa shape index (κ1) is 21.3. The zero-order chi connectivity index (χ0) is 20.5. The number of rotatable bonds is 7. The highest BCUT2D eigenvalue weighted by molar-refractivity contribution is 5.89. The number of hydrogen-bond acceptors (Lipinski definition) is 4. The summed E-state index contributed by atoms with van der Waals surface area (Å²) in [6.07, 6.45) is 0. The van der Waals surface area contributed by atoms with E-state index < -0.39 is 0 Å². The summed E-state index contributed by atoms with van der Waals surface area (Å²) in [6, 6.07) is 7.50. The number of nitrogens with zero attached hydrogens (tertiary/aromatic N) is 2. The van der Waals surface area contributed by atoms with Gasteiger partial charge in [0.15, 0.2) is 5.96 Å². The van der Waals surface area contributed by atoms with Gasteiger partial charge in [0.2, 0.25) is 5.89 Å². The Labute approximate surface area is 166 Å². The Morgan fingerprint density at radius 2 is 1.89 bits per heavy atom. The van der Waals surface area contributed by atoms with Gasteiger partial charge < -0.3 is 25.7 Å². The third-order valence-corrected chi connectivity index (χ3v) is 3.88. The van der Waals surface area contributed by atoms with Crippen molar-refractivity contribution in [2.75, 3.05) is 11.9 Å². The fraction of sp³-hybridized carbons (Fsp3) is 0.450. The Bertz CT molecular complexity index is 776. The second-order valence-corrected chi connectivity index (χ2v) is 6.75. The normalized spacial score (nSPS) is 11.4. The van der Waals surface area contributed by atoms with E-state index in [1.165, 1.54) is 0 Å². The topological polar surface area (TPSA) is 104 Å². The molecule has 0 saturated carbocycles. The molecule has 152 valence electrons. The third-order valence-electron chi connectivity index (χ3n) is 3.88. The molecule has 1 heterocycles. The molecule has 8 nitrogen and oxygen atoms in total. The van der Waals surface area contributed by atoms with Crippen molar-refractivity contribution in [3.63, 3.8) is 0 Å². The van der Waals surface area contributed by atoms with Gasteiger partial charge in [-0.25, -0.2) is 14.8 Å². The smallest absolute Gasteiger partial charge is 0.319 e. The van der Waals surface area contributed by atoms with Gasteiger partial charge in [-0.05, 0) is 52.3 Å². The van der Waals surface area contributed by atoms with Crippen molar-refractivity contribution in [1.82, 2.24) is 20.9 Å². The summed E-state index contributed by atoms with van der Waals surface area (Å²) < 4.78 is 5.58. The van der Waals surface area contributed by atoms with Crippen LogP contribution in [0.5, 0.6) is 0 Å². The molecule has 0 aliphatic carbocycles. The first-order chi connectivity index (χ1) is 13.4. The minimum atomic E-state index is -0.212. The fourth-order valence-electron chi connectivity index (χ4n) is 2.41. The lowest BCUT2D eigenvalue weighted by Gasteiger charge is -2.11. The number of oxazole rings is 1. The lowest BCUT2D eigenvalue weighted by molar-refractivity contribution is 0.250. The van der Waals surface area contributed by atoms with E-state index in [0.29, 0.717) is 24.9 Å². The SMILES string of the molecule is CCNC(=NCc1ccc(NC(=O)NC(C)C)cc1)NCc1nc(C)c(C)o1. The fourth-order valence-corrected chi connectivity index (χ4v) is 2.41. The van der Waals surface area contributed by atoms with Crippen molar-refractivity contribution in [3.8, 4) is 0 Å². The average molecular weight is 387 g/mol. The summed E-state index contributed by atoms with van der Waals surface area (Å²) in [6.45, 7) is 11.4. The van der Waals surface area contributed by atoms with Crippen molar-refractivity contribution in [3.05, 3.63) is 47.2 Å². The summed E-state index contributed by atoms with van der Waals surface area (Å²) in [7, 11) is 0. The van der Waals surface area contributed by atoms with Crippen LogP contribution < -0.4 is 21.3 Å². The summed E-state index contributed by atoms with van der Waals surface area (Å²) in [5.74, 6) is 2.15. The maximum atomic E-state index is 11.7. The molecule has 0 atom stereocenters. The molecule has 1 aromatic heterocycles. The van der Waals surface area contributed by atoms with E-state index >= 15 is 0 Å². The Morgan fingerprint density at radius 3 is 2.46 bits per heavy atom.